The molecule has 0 radical (unpaired) electrons. The molecule has 2 aromatic carbocycles. The Labute approximate surface area is 164 Å². The first kappa shape index (κ1) is 19.0. The predicted molar refractivity (Wildman–Crippen MR) is 104 cm³/mol. The van der Waals surface area contributed by atoms with Crippen molar-refractivity contribution >= 4 is 34.7 Å². The molecule has 6 nitrogen and oxygen atoms in total. The summed E-state index contributed by atoms with van der Waals surface area (Å²) in [5, 5.41) is 5.04. The molecule has 138 valence electrons. The molecule has 0 N–H and O–H groups in total. The normalized spacial score (nSPS) is 11.4. The lowest BCUT2D eigenvalue weighted by Crippen LogP contribution is -2.17. The number of carbonyl (C=O) groups excluding carboxylic acids is 2. The van der Waals surface area contributed by atoms with E-state index in [-0.39, 0.29) is 23.9 Å². The summed E-state index contributed by atoms with van der Waals surface area (Å²) < 4.78 is 6.52. The van der Waals surface area contributed by atoms with Crippen molar-refractivity contribution in [2.45, 2.75) is 6.92 Å². The van der Waals surface area contributed by atoms with Gasteiger partial charge in [-0.05, 0) is 31.2 Å². The molecule has 0 spiro atoms. The maximum Gasteiger partial charge on any atom is 0.369 e. The quantitative estimate of drug-likeness (QED) is 0.467. The largest absolute Gasteiger partial charge is 0.461 e. The summed E-state index contributed by atoms with van der Waals surface area (Å²) in [6, 6.07) is 15.9. The molecule has 0 amide bonds. The van der Waals surface area contributed by atoms with E-state index in [1.807, 2.05) is 6.07 Å². The van der Waals surface area contributed by atoms with E-state index in [0.29, 0.717) is 21.1 Å². The van der Waals surface area contributed by atoms with Gasteiger partial charge < -0.3 is 4.74 Å². The van der Waals surface area contributed by atoms with Crippen molar-refractivity contribution in [3.05, 3.63) is 75.0 Å². The van der Waals surface area contributed by atoms with Gasteiger partial charge in [0.2, 0.25) is 9.81 Å². The van der Waals surface area contributed by atoms with Crippen LogP contribution < -0.4 is 4.80 Å². The summed E-state index contributed by atoms with van der Waals surface area (Å²) in [7, 11) is 0. The van der Waals surface area contributed by atoms with Crippen LogP contribution in [0.2, 0.25) is 5.02 Å². The first-order valence-corrected chi connectivity index (χ1v) is 9.40. The van der Waals surface area contributed by atoms with Crippen LogP contribution in [0.25, 0.3) is 5.69 Å². The van der Waals surface area contributed by atoms with Gasteiger partial charge in [-0.2, -0.15) is 0 Å². The zero-order valence-corrected chi connectivity index (χ0v) is 16.0. The monoisotopic (exact) mass is 401 g/mol. The van der Waals surface area contributed by atoms with Crippen LogP contribution in [0.4, 0.5) is 0 Å². The van der Waals surface area contributed by atoms with E-state index < -0.39 is 5.97 Å². The number of nitrogens with zero attached hydrogens (tertiary/aromatic N) is 3. The Bertz CT molecular complexity index is 1010. The van der Waals surface area contributed by atoms with Crippen LogP contribution >= 0.6 is 22.9 Å². The number of rotatable bonds is 6. The Balaban J connectivity index is 1.97. The minimum absolute atomic E-state index is 0.0535. The number of ketones is 1. The van der Waals surface area contributed by atoms with Gasteiger partial charge in [-0.1, -0.05) is 53.3 Å². The van der Waals surface area contributed by atoms with Crippen molar-refractivity contribution in [2.24, 2.45) is 4.99 Å². The van der Waals surface area contributed by atoms with Gasteiger partial charge in [0.05, 0.1) is 12.3 Å². The van der Waals surface area contributed by atoms with Crippen molar-refractivity contribution in [1.82, 2.24) is 9.78 Å². The van der Waals surface area contributed by atoms with Gasteiger partial charge in [0.25, 0.3) is 0 Å². The lowest BCUT2D eigenvalue weighted by Gasteiger charge is -2.01. The van der Waals surface area contributed by atoms with E-state index in [1.54, 1.807) is 55.5 Å². The highest BCUT2D eigenvalue weighted by atomic mass is 35.5. The Kier molecular flexibility index (Phi) is 6.16. The van der Waals surface area contributed by atoms with E-state index >= 15 is 0 Å². The number of hydrogen-bond acceptors (Lipinski definition) is 6. The SMILES string of the molecule is CCOC(=O)c1nn(-c2ccc(Cl)cc2)c(=NCC(=O)c2ccccc2)s1. The molecule has 1 heterocycles. The molecular formula is C19H16ClN3O3S. The van der Waals surface area contributed by atoms with Crippen molar-refractivity contribution < 1.29 is 14.3 Å². The molecule has 0 aliphatic heterocycles. The third-order valence-electron chi connectivity index (χ3n) is 3.53. The molecule has 3 rings (SSSR count). The number of ether oxygens (including phenoxy) is 1. The van der Waals surface area contributed by atoms with Gasteiger partial charge in [0, 0.05) is 10.6 Å². The Morgan fingerprint density at radius 3 is 2.52 bits per heavy atom. The molecule has 0 fully saturated rings. The maximum absolute atomic E-state index is 12.3. The molecule has 1 aromatic heterocycles. The number of benzene rings is 2. The first-order chi connectivity index (χ1) is 13.1. The average molecular weight is 402 g/mol. The molecular weight excluding hydrogens is 386 g/mol. The fourth-order valence-electron chi connectivity index (χ4n) is 2.26. The molecule has 0 atom stereocenters. The van der Waals surface area contributed by atoms with Crippen molar-refractivity contribution in [1.29, 1.82) is 0 Å². The van der Waals surface area contributed by atoms with Crippen LogP contribution in [0.5, 0.6) is 0 Å². The second kappa shape index (κ2) is 8.75. The van der Waals surface area contributed by atoms with E-state index in [4.69, 9.17) is 16.3 Å². The average Bonchev–Trinajstić information content (AvgIpc) is 3.12. The highest BCUT2D eigenvalue weighted by Crippen LogP contribution is 2.13. The van der Waals surface area contributed by atoms with Gasteiger partial charge in [-0.15, -0.1) is 5.10 Å². The number of aromatic nitrogens is 2. The third kappa shape index (κ3) is 4.69. The van der Waals surface area contributed by atoms with Crippen molar-refractivity contribution in [2.75, 3.05) is 13.2 Å². The number of Topliss-reactive ketones (excluding diaryl/α,β-unsaturated/α-hetero) is 1. The summed E-state index contributed by atoms with van der Waals surface area (Å²) in [4.78, 5) is 29.2. The Morgan fingerprint density at radius 2 is 1.85 bits per heavy atom. The highest BCUT2D eigenvalue weighted by molar-refractivity contribution is 7.10. The van der Waals surface area contributed by atoms with Crippen LogP contribution in [0.3, 0.4) is 0 Å². The van der Waals surface area contributed by atoms with Gasteiger partial charge in [-0.25, -0.2) is 14.5 Å². The summed E-state index contributed by atoms with van der Waals surface area (Å²) >= 11 is 7.01. The molecule has 27 heavy (non-hydrogen) atoms. The van der Waals surface area contributed by atoms with Crippen molar-refractivity contribution in [3.63, 3.8) is 0 Å². The molecule has 0 aliphatic carbocycles. The van der Waals surface area contributed by atoms with Crippen LogP contribution in [0.1, 0.15) is 27.1 Å². The molecule has 8 heteroatoms. The standard InChI is InChI=1S/C19H16ClN3O3S/c1-2-26-18(25)17-22-23(15-10-8-14(20)9-11-15)19(27-17)21-12-16(24)13-6-4-3-5-7-13/h3-11H,2,12H2,1H3. The smallest absolute Gasteiger partial charge is 0.369 e. The fourth-order valence-corrected chi connectivity index (χ4v) is 3.19. The van der Waals surface area contributed by atoms with Gasteiger partial charge in [0.15, 0.2) is 5.78 Å². The molecule has 0 saturated heterocycles. The molecule has 3 aromatic rings. The number of carbonyl (C=O) groups is 2. The number of halogens is 1. The van der Waals surface area contributed by atoms with E-state index in [9.17, 15) is 9.59 Å². The minimum Gasteiger partial charge on any atom is -0.461 e. The van der Waals surface area contributed by atoms with Crippen LogP contribution in [-0.2, 0) is 4.74 Å². The highest BCUT2D eigenvalue weighted by Gasteiger charge is 2.16. The molecule has 0 aliphatic rings. The summed E-state index contributed by atoms with van der Waals surface area (Å²) in [5.41, 5.74) is 1.26. The molecule has 0 bridgehead atoms. The lowest BCUT2D eigenvalue weighted by atomic mass is 10.1. The summed E-state index contributed by atoms with van der Waals surface area (Å²) in [6.45, 7) is 1.92. The number of esters is 1. The van der Waals surface area contributed by atoms with E-state index in [1.165, 1.54) is 4.68 Å². The lowest BCUT2D eigenvalue weighted by molar-refractivity contribution is 0.0524. The van der Waals surface area contributed by atoms with Crippen LogP contribution in [-0.4, -0.2) is 34.7 Å². The van der Waals surface area contributed by atoms with Gasteiger partial charge in [0.1, 0.15) is 6.54 Å². The third-order valence-corrected chi connectivity index (χ3v) is 4.71. The zero-order chi connectivity index (χ0) is 19.2. The van der Waals surface area contributed by atoms with E-state index in [2.05, 4.69) is 10.1 Å². The van der Waals surface area contributed by atoms with Crippen LogP contribution in [0.15, 0.2) is 59.6 Å². The zero-order valence-electron chi connectivity index (χ0n) is 14.5. The Hall–Kier alpha value is -2.77. The summed E-state index contributed by atoms with van der Waals surface area (Å²) in [5.74, 6) is -0.648. The second-order valence-electron chi connectivity index (χ2n) is 5.40. The van der Waals surface area contributed by atoms with Crippen LogP contribution in [0, 0.1) is 0 Å². The first-order valence-electron chi connectivity index (χ1n) is 8.20. The topological polar surface area (TPSA) is 73.5 Å². The van der Waals surface area contributed by atoms with Gasteiger partial charge in [-0.3, -0.25) is 4.79 Å². The second-order valence-corrected chi connectivity index (χ2v) is 6.80. The molecule has 0 saturated carbocycles. The predicted octanol–water partition coefficient (Wildman–Crippen LogP) is 3.55. The maximum atomic E-state index is 12.3. The minimum atomic E-state index is -0.527. The Morgan fingerprint density at radius 1 is 1.15 bits per heavy atom. The summed E-state index contributed by atoms with van der Waals surface area (Å²) in [6.07, 6.45) is 0. The van der Waals surface area contributed by atoms with Gasteiger partial charge >= 0.3 is 5.97 Å². The fraction of sp³-hybridized carbons (Fsp3) is 0.158. The molecule has 0 unspecified atom stereocenters. The van der Waals surface area contributed by atoms with E-state index in [0.717, 1.165) is 11.3 Å². The number of hydrogen-bond donors (Lipinski definition) is 0. The van der Waals surface area contributed by atoms with Crippen molar-refractivity contribution in [3.8, 4) is 5.69 Å².